The van der Waals surface area contributed by atoms with Crippen LogP contribution in [-0.4, -0.2) is 54.8 Å². The van der Waals surface area contributed by atoms with Crippen LogP contribution in [0.3, 0.4) is 0 Å². The van der Waals surface area contributed by atoms with Crippen molar-refractivity contribution in [1.82, 2.24) is 29.5 Å². The van der Waals surface area contributed by atoms with Gasteiger partial charge in [-0.25, -0.2) is 9.78 Å². The number of amides is 1. The summed E-state index contributed by atoms with van der Waals surface area (Å²) in [5, 5.41) is 17.7. The molecule has 5 rings (SSSR count). The maximum atomic E-state index is 12.3. The summed E-state index contributed by atoms with van der Waals surface area (Å²) >= 11 is 0. The highest BCUT2D eigenvalue weighted by atomic mass is 16.6. The Morgan fingerprint density at radius 1 is 1.39 bits per heavy atom. The van der Waals surface area contributed by atoms with E-state index < -0.39 is 0 Å². The van der Waals surface area contributed by atoms with E-state index >= 15 is 0 Å². The van der Waals surface area contributed by atoms with Gasteiger partial charge in [0.1, 0.15) is 11.9 Å². The van der Waals surface area contributed by atoms with Crippen LogP contribution in [0.4, 0.5) is 4.79 Å². The number of nitrogens with one attached hydrogen (secondary N) is 1. The van der Waals surface area contributed by atoms with Crippen molar-refractivity contribution in [3.63, 3.8) is 0 Å². The fourth-order valence-electron chi connectivity index (χ4n) is 4.50. The number of aromatic amines is 1. The summed E-state index contributed by atoms with van der Waals surface area (Å²) < 4.78 is 7.81. The highest BCUT2D eigenvalue weighted by Crippen LogP contribution is 2.43. The van der Waals surface area contributed by atoms with Gasteiger partial charge in [-0.15, -0.1) is 10.2 Å². The third-order valence-electron chi connectivity index (χ3n) is 6.06. The molecule has 0 radical (unpaired) electrons. The molecule has 3 atom stereocenters. The van der Waals surface area contributed by atoms with Crippen LogP contribution in [0.2, 0.25) is 0 Å². The first-order chi connectivity index (χ1) is 13.7. The third-order valence-corrected chi connectivity index (χ3v) is 6.06. The highest BCUT2D eigenvalue weighted by Gasteiger charge is 2.41. The average Bonchev–Trinajstić information content (AvgIpc) is 3.37. The molecule has 1 saturated heterocycles. The number of hydrogen-bond acceptors (Lipinski definition) is 6. The molecule has 0 aromatic carbocycles. The van der Waals surface area contributed by atoms with Gasteiger partial charge in [0, 0.05) is 25.2 Å². The number of ether oxygens (including phenoxy) is 1. The molecule has 3 aromatic heterocycles. The molecule has 28 heavy (non-hydrogen) atoms. The molecule has 3 unspecified atom stereocenters. The van der Waals surface area contributed by atoms with Crippen molar-refractivity contribution < 1.29 is 9.53 Å². The van der Waals surface area contributed by atoms with Crippen LogP contribution in [0.1, 0.15) is 37.9 Å². The van der Waals surface area contributed by atoms with E-state index in [0.29, 0.717) is 19.0 Å². The first-order valence-corrected chi connectivity index (χ1v) is 9.70. The Balaban J connectivity index is 1.38. The SMILES string of the molecule is CCC1CC(OC(=O)N2CC(C#N)C2)CC1c1nnc2cnc3[nH]ccc3n12. The zero-order valence-corrected chi connectivity index (χ0v) is 15.6. The number of hydrogen-bond donors (Lipinski definition) is 1. The minimum Gasteiger partial charge on any atom is -0.446 e. The first-order valence-electron chi connectivity index (χ1n) is 9.70. The van der Waals surface area contributed by atoms with E-state index in [1.165, 1.54) is 0 Å². The summed E-state index contributed by atoms with van der Waals surface area (Å²) in [4.78, 5) is 21.4. The van der Waals surface area contributed by atoms with E-state index in [9.17, 15) is 4.79 Å². The standard InChI is InChI=1S/C19H21N7O2/c1-2-12-5-13(28-19(27)25-9-11(7-20)10-25)6-14(12)18-24-23-16-8-22-17-15(26(16)18)3-4-21-17/h3-4,8,11-14,21H,2,5-6,9-10H2,1H3. The fourth-order valence-corrected chi connectivity index (χ4v) is 4.50. The predicted octanol–water partition coefficient (Wildman–Crippen LogP) is 2.47. The second-order valence-electron chi connectivity index (χ2n) is 7.70. The largest absolute Gasteiger partial charge is 0.446 e. The van der Waals surface area contributed by atoms with Gasteiger partial charge in [-0.2, -0.15) is 5.26 Å². The van der Waals surface area contributed by atoms with Gasteiger partial charge >= 0.3 is 6.09 Å². The van der Waals surface area contributed by atoms with Gasteiger partial charge in [0.25, 0.3) is 0 Å². The molecule has 9 nitrogen and oxygen atoms in total. The van der Waals surface area contributed by atoms with Crippen molar-refractivity contribution in [3.05, 3.63) is 24.3 Å². The molecule has 2 aliphatic rings. The minimum absolute atomic E-state index is 0.0630. The Bertz CT molecular complexity index is 1080. The van der Waals surface area contributed by atoms with Crippen molar-refractivity contribution in [2.45, 2.75) is 38.2 Å². The Hall–Kier alpha value is -3.15. The number of nitrogens with zero attached hydrogens (tertiary/aromatic N) is 6. The molecule has 1 saturated carbocycles. The normalized spacial score (nSPS) is 25.1. The van der Waals surface area contributed by atoms with Gasteiger partial charge in [0.05, 0.1) is 23.7 Å². The van der Waals surface area contributed by atoms with Crippen LogP contribution in [-0.2, 0) is 4.74 Å². The Labute approximate surface area is 161 Å². The Morgan fingerprint density at radius 2 is 2.25 bits per heavy atom. The Kier molecular flexibility index (Phi) is 3.93. The lowest BCUT2D eigenvalue weighted by Gasteiger charge is -2.34. The Morgan fingerprint density at radius 3 is 3.04 bits per heavy atom. The molecule has 2 fully saturated rings. The van der Waals surface area contributed by atoms with Crippen molar-refractivity contribution in [2.24, 2.45) is 11.8 Å². The summed E-state index contributed by atoms with van der Waals surface area (Å²) in [6.07, 6.45) is 5.66. The van der Waals surface area contributed by atoms with Crippen LogP contribution in [0.15, 0.2) is 18.5 Å². The molecule has 3 aromatic rings. The van der Waals surface area contributed by atoms with Gasteiger partial charge in [-0.1, -0.05) is 13.3 Å². The second kappa shape index (κ2) is 6.48. The molecule has 4 heterocycles. The van der Waals surface area contributed by atoms with E-state index in [1.54, 1.807) is 11.1 Å². The maximum absolute atomic E-state index is 12.3. The quantitative estimate of drug-likeness (QED) is 0.748. The maximum Gasteiger partial charge on any atom is 0.410 e. The van der Waals surface area contributed by atoms with Crippen LogP contribution in [0.25, 0.3) is 16.8 Å². The number of fused-ring (bicyclic) bond motifs is 3. The second-order valence-corrected chi connectivity index (χ2v) is 7.70. The lowest BCUT2D eigenvalue weighted by molar-refractivity contribution is 0.0370. The summed E-state index contributed by atoms with van der Waals surface area (Å²) in [6.45, 7) is 3.09. The zero-order valence-electron chi connectivity index (χ0n) is 15.6. The van der Waals surface area contributed by atoms with E-state index in [1.807, 2.05) is 12.3 Å². The number of nitriles is 1. The molecule has 0 bridgehead atoms. The number of H-pyrrole nitrogens is 1. The topological polar surface area (TPSA) is 112 Å². The van der Waals surface area contributed by atoms with E-state index in [4.69, 9.17) is 10.00 Å². The van der Waals surface area contributed by atoms with Crippen LogP contribution in [0.5, 0.6) is 0 Å². The van der Waals surface area contributed by atoms with Gasteiger partial charge in [0.15, 0.2) is 11.3 Å². The van der Waals surface area contributed by atoms with E-state index in [-0.39, 0.29) is 24.0 Å². The molecular formula is C19H21N7O2. The summed E-state index contributed by atoms with van der Waals surface area (Å²) in [5.74, 6) is 1.38. The summed E-state index contributed by atoms with van der Waals surface area (Å²) in [6, 6.07) is 4.15. The molecule has 1 aliphatic heterocycles. The first kappa shape index (κ1) is 17.0. The van der Waals surface area contributed by atoms with Crippen molar-refractivity contribution in [3.8, 4) is 6.07 Å². The van der Waals surface area contributed by atoms with Gasteiger partial charge in [0.2, 0.25) is 0 Å². The number of carbonyl (C=O) groups is 1. The van der Waals surface area contributed by atoms with Crippen molar-refractivity contribution in [2.75, 3.05) is 13.1 Å². The lowest BCUT2D eigenvalue weighted by Crippen LogP contribution is -2.50. The van der Waals surface area contributed by atoms with Gasteiger partial charge in [-0.05, 0) is 24.8 Å². The van der Waals surface area contributed by atoms with Crippen LogP contribution in [0, 0.1) is 23.2 Å². The molecule has 1 N–H and O–H groups in total. The van der Waals surface area contributed by atoms with Crippen LogP contribution < -0.4 is 0 Å². The molecular weight excluding hydrogens is 358 g/mol. The minimum atomic E-state index is -0.310. The molecule has 1 amide bonds. The lowest BCUT2D eigenvalue weighted by atomic mass is 9.93. The number of likely N-dealkylation sites (tertiary alicyclic amines) is 1. The van der Waals surface area contributed by atoms with Crippen LogP contribution >= 0.6 is 0 Å². The number of rotatable bonds is 3. The van der Waals surface area contributed by atoms with Gasteiger partial charge < -0.3 is 14.6 Å². The number of carbonyl (C=O) groups excluding carboxylic acids is 1. The third kappa shape index (κ3) is 2.59. The highest BCUT2D eigenvalue weighted by molar-refractivity contribution is 5.74. The number of aromatic nitrogens is 5. The fraction of sp³-hybridized carbons (Fsp3) is 0.526. The van der Waals surface area contributed by atoms with Crippen molar-refractivity contribution in [1.29, 1.82) is 5.26 Å². The van der Waals surface area contributed by atoms with E-state index in [0.717, 1.165) is 41.9 Å². The molecule has 9 heteroatoms. The summed E-state index contributed by atoms with van der Waals surface area (Å²) in [7, 11) is 0. The van der Waals surface area contributed by atoms with Crippen molar-refractivity contribution >= 4 is 22.9 Å². The summed E-state index contributed by atoms with van der Waals surface area (Å²) in [5.41, 5.74) is 2.48. The molecule has 1 aliphatic carbocycles. The van der Waals surface area contributed by atoms with Gasteiger partial charge in [-0.3, -0.25) is 4.40 Å². The monoisotopic (exact) mass is 379 g/mol. The smallest absolute Gasteiger partial charge is 0.410 e. The predicted molar refractivity (Wildman–Crippen MR) is 99.3 cm³/mol. The van der Waals surface area contributed by atoms with E-state index in [2.05, 4.69) is 37.6 Å². The molecule has 0 spiro atoms. The average molecular weight is 379 g/mol. The molecule has 144 valence electrons. The zero-order chi connectivity index (χ0) is 19.3.